The summed E-state index contributed by atoms with van der Waals surface area (Å²) in [6.07, 6.45) is 1.31. The Kier molecular flexibility index (Phi) is 7.02. The number of hydrogen-bond donors (Lipinski definition) is 1. The Morgan fingerprint density at radius 1 is 1.36 bits per heavy atom. The van der Waals surface area contributed by atoms with Crippen molar-refractivity contribution in [2.45, 2.75) is 27.2 Å². The van der Waals surface area contributed by atoms with Crippen molar-refractivity contribution in [3.8, 4) is 0 Å². The van der Waals surface area contributed by atoms with E-state index in [4.69, 9.17) is 0 Å². The number of carbonyl (C=O) groups is 1. The van der Waals surface area contributed by atoms with Gasteiger partial charge in [-0.25, -0.2) is 12.7 Å². The third-order valence-electron chi connectivity index (χ3n) is 3.09. The van der Waals surface area contributed by atoms with Crippen LogP contribution in [0.15, 0.2) is 22.7 Å². The Morgan fingerprint density at radius 3 is 2.50 bits per heavy atom. The van der Waals surface area contributed by atoms with Crippen molar-refractivity contribution < 1.29 is 13.2 Å². The molecule has 0 heterocycles. The van der Waals surface area contributed by atoms with Crippen molar-refractivity contribution >= 4 is 37.5 Å². The molecule has 0 atom stereocenters. The van der Waals surface area contributed by atoms with Crippen LogP contribution in [0.3, 0.4) is 0 Å². The number of amides is 1. The van der Waals surface area contributed by atoms with Crippen molar-refractivity contribution in [3.05, 3.63) is 28.2 Å². The van der Waals surface area contributed by atoms with Crippen molar-refractivity contribution in [1.82, 2.24) is 4.31 Å². The number of benzene rings is 1. The summed E-state index contributed by atoms with van der Waals surface area (Å²) in [7, 11) is -3.30. The molecule has 0 radical (unpaired) electrons. The van der Waals surface area contributed by atoms with E-state index in [0.29, 0.717) is 6.54 Å². The number of aryl methyl sites for hydroxylation is 1. The first-order valence-electron chi connectivity index (χ1n) is 7.10. The summed E-state index contributed by atoms with van der Waals surface area (Å²) in [5.74, 6) is 0.0225. The molecule has 0 aliphatic carbocycles. The van der Waals surface area contributed by atoms with Crippen LogP contribution in [0.1, 0.15) is 25.8 Å². The minimum absolute atomic E-state index is 0.134. The Hall–Kier alpha value is -0.920. The molecule has 1 amide bonds. The first kappa shape index (κ1) is 19.1. The average Bonchev–Trinajstić information content (AvgIpc) is 2.36. The first-order chi connectivity index (χ1) is 10.1. The Morgan fingerprint density at radius 2 is 2.00 bits per heavy atom. The van der Waals surface area contributed by atoms with Gasteiger partial charge in [0.25, 0.3) is 0 Å². The van der Waals surface area contributed by atoms with Crippen LogP contribution in [0.2, 0.25) is 0 Å². The molecule has 0 unspecified atom stereocenters. The molecule has 0 aliphatic heterocycles. The van der Waals surface area contributed by atoms with E-state index in [1.807, 2.05) is 39.0 Å². The molecule has 1 aromatic rings. The number of nitrogens with one attached hydrogen (secondary N) is 1. The van der Waals surface area contributed by atoms with Gasteiger partial charge in [0.1, 0.15) is 0 Å². The van der Waals surface area contributed by atoms with Crippen LogP contribution in [0.4, 0.5) is 5.69 Å². The number of rotatable bonds is 7. The van der Waals surface area contributed by atoms with Crippen LogP contribution in [-0.4, -0.2) is 38.0 Å². The Balaban J connectivity index is 2.64. The van der Waals surface area contributed by atoms with Gasteiger partial charge in [0.05, 0.1) is 6.26 Å². The molecule has 0 aromatic heterocycles. The monoisotopic (exact) mass is 390 g/mol. The maximum absolute atomic E-state index is 12.0. The van der Waals surface area contributed by atoms with Crippen LogP contribution < -0.4 is 5.32 Å². The number of anilines is 1. The summed E-state index contributed by atoms with van der Waals surface area (Å²) in [5, 5.41) is 2.82. The second-order valence-corrected chi connectivity index (χ2v) is 8.67. The molecule has 1 aromatic carbocycles. The molecule has 0 bridgehead atoms. The minimum atomic E-state index is -3.30. The van der Waals surface area contributed by atoms with E-state index in [1.54, 1.807) is 0 Å². The second-order valence-electron chi connectivity index (χ2n) is 5.77. The molecule has 0 fully saturated rings. The van der Waals surface area contributed by atoms with Gasteiger partial charge in [-0.3, -0.25) is 4.79 Å². The van der Waals surface area contributed by atoms with E-state index >= 15 is 0 Å². The predicted octanol–water partition coefficient (Wildman–Crippen LogP) is 3.00. The molecule has 0 aliphatic rings. The summed E-state index contributed by atoms with van der Waals surface area (Å²) in [5.41, 5.74) is 1.69. The van der Waals surface area contributed by atoms with E-state index in [9.17, 15) is 13.2 Å². The molecule has 1 rings (SSSR count). The van der Waals surface area contributed by atoms with Gasteiger partial charge < -0.3 is 5.32 Å². The van der Waals surface area contributed by atoms with Gasteiger partial charge in [0, 0.05) is 29.7 Å². The van der Waals surface area contributed by atoms with Crippen LogP contribution in [-0.2, 0) is 14.8 Å². The molecule has 1 N–H and O–H groups in total. The Bertz CT molecular complexity index is 630. The smallest absolute Gasteiger partial charge is 0.225 e. The molecule has 0 saturated heterocycles. The molecule has 124 valence electrons. The highest BCUT2D eigenvalue weighted by atomic mass is 79.9. The minimum Gasteiger partial charge on any atom is -0.326 e. The lowest BCUT2D eigenvalue weighted by atomic mass is 10.2. The van der Waals surface area contributed by atoms with Crippen LogP contribution >= 0.6 is 15.9 Å². The van der Waals surface area contributed by atoms with Crippen molar-refractivity contribution in [2.75, 3.05) is 24.7 Å². The number of carbonyl (C=O) groups excluding carboxylic acids is 1. The summed E-state index contributed by atoms with van der Waals surface area (Å²) in [6.45, 7) is 6.41. The van der Waals surface area contributed by atoms with E-state index in [2.05, 4.69) is 21.2 Å². The SMILES string of the molecule is Cc1cc(Br)ccc1NC(=O)CCN(CC(C)C)S(C)(=O)=O. The fraction of sp³-hybridized carbons (Fsp3) is 0.533. The lowest BCUT2D eigenvalue weighted by Crippen LogP contribution is -2.35. The summed E-state index contributed by atoms with van der Waals surface area (Å²) in [4.78, 5) is 12.0. The number of sulfonamides is 1. The zero-order valence-corrected chi connectivity index (χ0v) is 15.8. The second kappa shape index (κ2) is 8.08. The fourth-order valence-corrected chi connectivity index (χ4v) is 3.47. The highest BCUT2D eigenvalue weighted by Gasteiger charge is 2.19. The summed E-state index contributed by atoms with van der Waals surface area (Å²) in [6, 6.07) is 5.58. The molecule has 0 spiro atoms. The zero-order chi connectivity index (χ0) is 16.9. The topological polar surface area (TPSA) is 66.5 Å². The fourth-order valence-electron chi connectivity index (χ4n) is 2.01. The van der Waals surface area contributed by atoms with Crippen molar-refractivity contribution in [1.29, 1.82) is 0 Å². The van der Waals surface area contributed by atoms with E-state index in [-0.39, 0.29) is 24.8 Å². The quantitative estimate of drug-likeness (QED) is 0.777. The van der Waals surface area contributed by atoms with Gasteiger partial charge in [0.15, 0.2) is 0 Å². The maximum atomic E-state index is 12.0. The molecular formula is C15H23BrN2O3S. The van der Waals surface area contributed by atoms with Gasteiger partial charge in [-0.2, -0.15) is 0 Å². The molecule has 22 heavy (non-hydrogen) atoms. The lowest BCUT2D eigenvalue weighted by Gasteiger charge is -2.21. The van der Waals surface area contributed by atoms with E-state index < -0.39 is 10.0 Å². The Labute approximate surface area is 141 Å². The van der Waals surface area contributed by atoms with Crippen LogP contribution in [0, 0.1) is 12.8 Å². The van der Waals surface area contributed by atoms with E-state index in [1.165, 1.54) is 10.6 Å². The lowest BCUT2D eigenvalue weighted by molar-refractivity contribution is -0.116. The predicted molar refractivity (Wildman–Crippen MR) is 93.4 cm³/mol. The van der Waals surface area contributed by atoms with Gasteiger partial charge in [-0.1, -0.05) is 29.8 Å². The van der Waals surface area contributed by atoms with Gasteiger partial charge >= 0.3 is 0 Å². The summed E-state index contributed by atoms with van der Waals surface area (Å²) < 4.78 is 25.7. The largest absolute Gasteiger partial charge is 0.326 e. The highest BCUT2D eigenvalue weighted by Crippen LogP contribution is 2.20. The molecule has 5 nitrogen and oxygen atoms in total. The average molecular weight is 391 g/mol. The number of hydrogen-bond acceptors (Lipinski definition) is 3. The van der Waals surface area contributed by atoms with E-state index in [0.717, 1.165) is 15.7 Å². The highest BCUT2D eigenvalue weighted by molar-refractivity contribution is 9.10. The van der Waals surface area contributed by atoms with Gasteiger partial charge in [-0.15, -0.1) is 0 Å². The van der Waals surface area contributed by atoms with Gasteiger partial charge in [0.2, 0.25) is 15.9 Å². The van der Waals surface area contributed by atoms with Crippen LogP contribution in [0.5, 0.6) is 0 Å². The molecule has 0 saturated carbocycles. The zero-order valence-electron chi connectivity index (χ0n) is 13.4. The number of halogens is 1. The normalized spacial score (nSPS) is 12.0. The third kappa shape index (κ3) is 6.46. The number of nitrogens with zero attached hydrogens (tertiary/aromatic N) is 1. The standard InChI is InChI=1S/C15H23BrN2O3S/c1-11(2)10-18(22(4,20)21)8-7-15(19)17-14-6-5-13(16)9-12(14)3/h5-6,9,11H,7-8,10H2,1-4H3,(H,17,19). The van der Waals surface area contributed by atoms with Crippen LogP contribution in [0.25, 0.3) is 0 Å². The molecule has 7 heteroatoms. The van der Waals surface area contributed by atoms with Gasteiger partial charge in [-0.05, 0) is 36.6 Å². The van der Waals surface area contributed by atoms with Crippen molar-refractivity contribution in [2.24, 2.45) is 5.92 Å². The van der Waals surface area contributed by atoms with Crippen molar-refractivity contribution in [3.63, 3.8) is 0 Å². The third-order valence-corrected chi connectivity index (χ3v) is 4.85. The maximum Gasteiger partial charge on any atom is 0.225 e. The molecular weight excluding hydrogens is 368 g/mol. The first-order valence-corrected chi connectivity index (χ1v) is 9.75. The summed E-state index contributed by atoms with van der Waals surface area (Å²) >= 11 is 3.37.